The summed E-state index contributed by atoms with van der Waals surface area (Å²) in [5.41, 5.74) is -0.505. The first-order chi connectivity index (χ1) is 9.72. The maximum absolute atomic E-state index is 12.0. The van der Waals surface area contributed by atoms with Crippen LogP contribution in [0.2, 0.25) is 0 Å². The number of hydrogen-bond acceptors (Lipinski definition) is 6. The average molecular weight is 325 g/mol. The van der Waals surface area contributed by atoms with Crippen molar-refractivity contribution in [2.24, 2.45) is 0 Å². The zero-order valence-corrected chi connectivity index (χ0v) is 14.5. The predicted octanol–water partition coefficient (Wildman–Crippen LogP) is 3.49. The van der Waals surface area contributed by atoms with E-state index in [1.165, 1.54) is 0 Å². The Hall–Kier alpha value is -0.620. The Kier molecular flexibility index (Phi) is 9.86. The zero-order valence-electron chi connectivity index (χ0n) is 13.6. The molecule has 0 atom stereocenters. The highest BCUT2D eigenvalue weighted by atomic mass is 31.2. The van der Waals surface area contributed by atoms with Gasteiger partial charge in [-0.1, -0.05) is 0 Å². The molecule has 0 radical (unpaired) electrons. The van der Waals surface area contributed by atoms with Crippen LogP contribution >= 0.6 is 7.82 Å². The highest BCUT2D eigenvalue weighted by Gasteiger charge is 2.24. The summed E-state index contributed by atoms with van der Waals surface area (Å²) >= 11 is 0. The Morgan fingerprint density at radius 2 is 1.62 bits per heavy atom. The van der Waals surface area contributed by atoms with Crippen molar-refractivity contribution in [1.82, 2.24) is 5.32 Å². The van der Waals surface area contributed by atoms with Gasteiger partial charge in [0.15, 0.2) is 0 Å². The summed E-state index contributed by atoms with van der Waals surface area (Å²) in [6.45, 7) is 10.1. The number of carbonyl (C=O) groups is 1. The second-order valence-electron chi connectivity index (χ2n) is 5.25. The molecular weight excluding hydrogens is 297 g/mol. The number of unbranched alkanes of at least 4 members (excludes halogenated alkanes) is 1. The van der Waals surface area contributed by atoms with Crippen LogP contribution in [0.3, 0.4) is 0 Å². The van der Waals surface area contributed by atoms with E-state index in [2.05, 4.69) is 5.32 Å². The van der Waals surface area contributed by atoms with Gasteiger partial charge in [0.25, 0.3) is 0 Å². The molecule has 0 rings (SSSR count). The van der Waals surface area contributed by atoms with Gasteiger partial charge < -0.3 is 10.1 Å². The molecule has 1 amide bonds. The lowest BCUT2D eigenvalue weighted by molar-refractivity contribution is 0.0525. The molecule has 0 aromatic rings. The van der Waals surface area contributed by atoms with Crippen molar-refractivity contribution >= 4 is 13.9 Å². The molecular formula is C13H28NO6P. The average Bonchev–Trinajstić information content (AvgIpc) is 2.32. The molecule has 0 unspecified atom stereocenters. The van der Waals surface area contributed by atoms with Crippen LogP contribution in [0.1, 0.15) is 47.5 Å². The highest BCUT2D eigenvalue weighted by Crippen LogP contribution is 2.49. The minimum absolute atomic E-state index is 0.243. The lowest BCUT2D eigenvalue weighted by Crippen LogP contribution is -2.33. The second-order valence-corrected chi connectivity index (χ2v) is 6.92. The summed E-state index contributed by atoms with van der Waals surface area (Å²) in [5, 5.41) is 2.64. The lowest BCUT2D eigenvalue weighted by Gasteiger charge is -2.19. The van der Waals surface area contributed by atoms with Crippen LogP contribution in [0.15, 0.2) is 0 Å². The van der Waals surface area contributed by atoms with E-state index in [0.29, 0.717) is 19.4 Å². The third-order valence-corrected chi connectivity index (χ3v) is 3.71. The van der Waals surface area contributed by atoms with Gasteiger partial charge >= 0.3 is 13.9 Å². The Bertz CT molecular complexity index is 332. The van der Waals surface area contributed by atoms with Gasteiger partial charge in [-0.2, -0.15) is 0 Å². The van der Waals surface area contributed by atoms with Crippen LogP contribution in [0.5, 0.6) is 0 Å². The molecule has 0 aromatic heterocycles. The number of phosphoric ester groups is 1. The summed E-state index contributed by atoms with van der Waals surface area (Å²) in [6.07, 6.45) is 0.856. The van der Waals surface area contributed by atoms with Gasteiger partial charge in [-0.25, -0.2) is 9.36 Å². The predicted molar refractivity (Wildman–Crippen MR) is 80.3 cm³/mol. The Labute approximate surface area is 127 Å². The fraction of sp³-hybridized carbons (Fsp3) is 0.923. The number of alkyl carbamates (subject to hydrolysis) is 1. The molecule has 7 nitrogen and oxygen atoms in total. The van der Waals surface area contributed by atoms with E-state index in [-0.39, 0.29) is 19.8 Å². The molecule has 0 saturated carbocycles. The number of amides is 1. The lowest BCUT2D eigenvalue weighted by atomic mass is 10.2. The normalized spacial score (nSPS) is 12.2. The van der Waals surface area contributed by atoms with E-state index in [1.54, 1.807) is 34.6 Å². The zero-order chi connectivity index (χ0) is 16.4. The summed E-state index contributed by atoms with van der Waals surface area (Å²) in [6, 6.07) is 0. The third kappa shape index (κ3) is 11.7. The van der Waals surface area contributed by atoms with Gasteiger partial charge in [-0.05, 0) is 47.5 Å². The summed E-state index contributed by atoms with van der Waals surface area (Å²) in [5.74, 6) is 0. The minimum Gasteiger partial charge on any atom is -0.444 e. The number of hydrogen-bond donors (Lipinski definition) is 1. The molecule has 126 valence electrons. The third-order valence-electron chi connectivity index (χ3n) is 2.06. The second kappa shape index (κ2) is 10.2. The molecule has 8 heteroatoms. The van der Waals surface area contributed by atoms with Gasteiger partial charge in [0, 0.05) is 6.54 Å². The minimum atomic E-state index is -3.43. The van der Waals surface area contributed by atoms with Crippen molar-refractivity contribution < 1.29 is 27.7 Å². The van der Waals surface area contributed by atoms with E-state index in [1.807, 2.05) is 0 Å². The maximum Gasteiger partial charge on any atom is 0.474 e. The number of nitrogens with one attached hydrogen (secondary N) is 1. The topological polar surface area (TPSA) is 83.1 Å². The first-order valence-corrected chi connectivity index (χ1v) is 8.69. The summed E-state index contributed by atoms with van der Waals surface area (Å²) < 4.78 is 32.2. The van der Waals surface area contributed by atoms with Gasteiger partial charge in [-0.3, -0.25) is 13.6 Å². The van der Waals surface area contributed by atoms with Gasteiger partial charge in [-0.15, -0.1) is 0 Å². The van der Waals surface area contributed by atoms with E-state index >= 15 is 0 Å². The molecule has 0 aliphatic heterocycles. The van der Waals surface area contributed by atoms with E-state index in [0.717, 1.165) is 0 Å². The van der Waals surface area contributed by atoms with Crippen molar-refractivity contribution in [1.29, 1.82) is 0 Å². The standard InChI is InChI=1S/C13H28NO6P/c1-6-17-21(16,18-7-2)19-11-9-8-10-14-12(15)20-13(3,4)5/h6-11H2,1-5H3,(H,14,15). The molecule has 0 aromatic carbocycles. The Morgan fingerprint density at radius 3 is 2.10 bits per heavy atom. The van der Waals surface area contributed by atoms with Crippen LogP contribution in [0.4, 0.5) is 4.79 Å². The Balaban J connectivity index is 3.76. The first-order valence-electron chi connectivity index (χ1n) is 7.23. The summed E-state index contributed by atoms with van der Waals surface area (Å²) in [7, 11) is -3.43. The number of carbonyl (C=O) groups excluding carboxylic acids is 1. The fourth-order valence-corrected chi connectivity index (χ4v) is 2.54. The van der Waals surface area contributed by atoms with Crippen LogP contribution in [0, 0.1) is 0 Å². The van der Waals surface area contributed by atoms with Crippen LogP contribution in [-0.2, 0) is 22.9 Å². The van der Waals surface area contributed by atoms with Crippen molar-refractivity contribution in [3.8, 4) is 0 Å². The van der Waals surface area contributed by atoms with E-state index in [4.69, 9.17) is 18.3 Å². The van der Waals surface area contributed by atoms with Crippen LogP contribution in [-0.4, -0.2) is 38.1 Å². The molecule has 0 bridgehead atoms. The van der Waals surface area contributed by atoms with Crippen molar-refractivity contribution in [2.45, 2.75) is 53.1 Å². The molecule has 0 saturated heterocycles. The summed E-state index contributed by atoms with van der Waals surface area (Å²) in [4.78, 5) is 11.4. The van der Waals surface area contributed by atoms with Crippen LogP contribution < -0.4 is 5.32 Å². The number of phosphoric acid groups is 1. The molecule has 0 aliphatic rings. The number of ether oxygens (including phenoxy) is 1. The molecule has 1 N–H and O–H groups in total. The highest BCUT2D eigenvalue weighted by molar-refractivity contribution is 7.48. The fourth-order valence-electron chi connectivity index (χ4n) is 1.34. The SMILES string of the molecule is CCOP(=O)(OCC)OCCCCNC(=O)OC(C)(C)C. The van der Waals surface area contributed by atoms with Crippen LogP contribution in [0.25, 0.3) is 0 Å². The van der Waals surface area contributed by atoms with Crippen molar-refractivity contribution in [2.75, 3.05) is 26.4 Å². The van der Waals surface area contributed by atoms with E-state index < -0.39 is 19.5 Å². The Morgan fingerprint density at radius 1 is 1.05 bits per heavy atom. The largest absolute Gasteiger partial charge is 0.474 e. The van der Waals surface area contributed by atoms with Gasteiger partial charge in [0.1, 0.15) is 5.60 Å². The van der Waals surface area contributed by atoms with Crippen molar-refractivity contribution in [3.05, 3.63) is 0 Å². The van der Waals surface area contributed by atoms with Gasteiger partial charge in [0.2, 0.25) is 0 Å². The van der Waals surface area contributed by atoms with Crippen molar-refractivity contribution in [3.63, 3.8) is 0 Å². The maximum atomic E-state index is 12.0. The molecule has 0 heterocycles. The quantitative estimate of drug-likeness (QED) is 0.489. The van der Waals surface area contributed by atoms with E-state index in [9.17, 15) is 9.36 Å². The number of rotatable bonds is 10. The smallest absolute Gasteiger partial charge is 0.444 e. The molecule has 0 spiro atoms. The van der Waals surface area contributed by atoms with Gasteiger partial charge in [0.05, 0.1) is 19.8 Å². The monoisotopic (exact) mass is 325 g/mol. The first kappa shape index (κ1) is 20.4. The molecule has 21 heavy (non-hydrogen) atoms. The molecule has 0 fully saturated rings. The molecule has 0 aliphatic carbocycles.